The van der Waals surface area contributed by atoms with Gasteiger partial charge in [-0.1, -0.05) is 13.0 Å². The third-order valence-electron chi connectivity index (χ3n) is 2.35. The fraction of sp³-hybridized carbons (Fsp3) is 0.385. The van der Waals surface area contributed by atoms with E-state index in [0.717, 1.165) is 12.0 Å². The minimum Gasteiger partial charge on any atom is -0.493 e. The second-order valence-corrected chi connectivity index (χ2v) is 4.02. The quantitative estimate of drug-likeness (QED) is 0.673. The van der Waals surface area contributed by atoms with Crippen molar-refractivity contribution in [1.29, 1.82) is 0 Å². The number of amides is 3. The summed E-state index contributed by atoms with van der Waals surface area (Å²) >= 11 is 0. The Labute approximate surface area is 117 Å². The number of rotatable bonds is 7. The van der Waals surface area contributed by atoms with Gasteiger partial charge in [0.15, 0.2) is 6.61 Å². The maximum Gasteiger partial charge on any atom is 0.318 e. The van der Waals surface area contributed by atoms with Gasteiger partial charge in [0.25, 0.3) is 5.91 Å². The molecule has 0 aromatic heterocycles. The third kappa shape index (κ3) is 5.15. The van der Waals surface area contributed by atoms with Crippen molar-refractivity contribution in [3.63, 3.8) is 0 Å². The zero-order valence-corrected chi connectivity index (χ0v) is 11.3. The molecule has 0 bridgehead atoms. The molecular weight excluding hydrogens is 262 g/mol. The van der Waals surface area contributed by atoms with E-state index in [2.05, 4.69) is 0 Å². The predicted octanol–water partition coefficient (Wildman–Crippen LogP) is 0.508. The molecule has 0 radical (unpaired) electrons. The molecule has 0 aliphatic carbocycles. The lowest BCUT2D eigenvalue weighted by atomic mass is 10.2. The van der Waals surface area contributed by atoms with Crippen molar-refractivity contribution in [3.05, 3.63) is 23.8 Å². The van der Waals surface area contributed by atoms with Crippen LogP contribution >= 0.6 is 0 Å². The molecule has 1 aromatic carbocycles. The molecule has 0 spiro atoms. The molecule has 110 valence electrons. The number of carbonyl (C=O) groups is 2. The Morgan fingerprint density at radius 2 is 2.05 bits per heavy atom. The standard InChI is InChI=1S/C13H19N3O4/c1-2-5-19-10-4-3-9(7-14)11(6-10)20-8-12(17)16-13(15)18/h3-4,6H,2,5,7-8,14H2,1H3,(H3,15,16,17,18). The first kappa shape index (κ1) is 15.8. The lowest BCUT2D eigenvalue weighted by molar-refractivity contribution is -0.121. The smallest absolute Gasteiger partial charge is 0.318 e. The number of hydrogen-bond donors (Lipinski definition) is 3. The average Bonchev–Trinajstić information content (AvgIpc) is 2.42. The van der Waals surface area contributed by atoms with E-state index in [4.69, 9.17) is 20.9 Å². The number of hydrogen-bond acceptors (Lipinski definition) is 5. The van der Waals surface area contributed by atoms with Crippen molar-refractivity contribution in [2.45, 2.75) is 19.9 Å². The van der Waals surface area contributed by atoms with Crippen LogP contribution in [0.1, 0.15) is 18.9 Å². The van der Waals surface area contributed by atoms with Gasteiger partial charge in [0.2, 0.25) is 0 Å². The first-order valence-electron chi connectivity index (χ1n) is 6.24. The van der Waals surface area contributed by atoms with Crippen LogP contribution < -0.4 is 26.3 Å². The van der Waals surface area contributed by atoms with Gasteiger partial charge >= 0.3 is 6.03 Å². The van der Waals surface area contributed by atoms with Crippen molar-refractivity contribution in [2.75, 3.05) is 13.2 Å². The van der Waals surface area contributed by atoms with Crippen LogP contribution in [-0.2, 0) is 11.3 Å². The van der Waals surface area contributed by atoms with E-state index in [9.17, 15) is 9.59 Å². The Bertz CT molecular complexity index is 477. The van der Waals surface area contributed by atoms with E-state index in [1.807, 2.05) is 12.2 Å². The molecule has 1 aromatic rings. The molecule has 0 saturated heterocycles. The highest BCUT2D eigenvalue weighted by Gasteiger charge is 2.09. The number of primary amides is 1. The highest BCUT2D eigenvalue weighted by Crippen LogP contribution is 2.24. The first-order valence-corrected chi connectivity index (χ1v) is 6.24. The van der Waals surface area contributed by atoms with E-state index in [-0.39, 0.29) is 13.2 Å². The van der Waals surface area contributed by atoms with Crippen LogP contribution in [0.2, 0.25) is 0 Å². The van der Waals surface area contributed by atoms with Gasteiger partial charge in [0.05, 0.1) is 6.61 Å². The van der Waals surface area contributed by atoms with Crippen molar-refractivity contribution >= 4 is 11.9 Å². The summed E-state index contributed by atoms with van der Waals surface area (Å²) in [5, 5.41) is 1.91. The summed E-state index contributed by atoms with van der Waals surface area (Å²) in [6.45, 7) is 2.53. The molecule has 0 aliphatic heterocycles. The van der Waals surface area contributed by atoms with Crippen molar-refractivity contribution in [2.24, 2.45) is 11.5 Å². The molecule has 7 heteroatoms. The van der Waals surface area contributed by atoms with Gasteiger partial charge in [0, 0.05) is 18.2 Å². The molecule has 0 heterocycles. The van der Waals surface area contributed by atoms with Gasteiger partial charge in [0.1, 0.15) is 11.5 Å². The van der Waals surface area contributed by atoms with Crippen LogP contribution in [0.25, 0.3) is 0 Å². The predicted molar refractivity (Wildman–Crippen MR) is 73.3 cm³/mol. The van der Waals surface area contributed by atoms with Crippen LogP contribution in [-0.4, -0.2) is 25.2 Å². The second-order valence-electron chi connectivity index (χ2n) is 4.02. The average molecular weight is 281 g/mol. The molecule has 0 aliphatic rings. The zero-order valence-electron chi connectivity index (χ0n) is 11.3. The van der Waals surface area contributed by atoms with Gasteiger partial charge in [-0.3, -0.25) is 10.1 Å². The number of imide groups is 1. The summed E-state index contributed by atoms with van der Waals surface area (Å²) in [5.74, 6) is 0.454. The van der Waals surface area contributed by atoms with Crippen LogP contribution in [0.3, 0.4) is 0 Å². The Hall–Kier alpha value is -2.28. The Morgan fingerprint density at radius 1 is 1.30 bits per heavy atom. The monoisotopic (exact) mass is 281 g/mol. The van der Waals surface area contributed by atoms with Gasteiger partial charge in [-0.2, -0.15) is 0 Å². The lowest BCUT2D eigenvalue weighted by Crippen LogP contribution is -2.38. The molecule has 1 rings (SSSR count). The normalized spacial score (nSPS) is 9.90. The van der Waals surface area contributed by atoms with Crippen molar-refractivity contribution < 1.29 is 19.1 Å². The van der Waals surface area contributed by atoms with E-state index >= 15 is 0 Å². The molecule has 20 heavy (non-hydrogen) atoms. The van der Waals surface area contributed by atoms with Gasteiger partial charge in [-0.25, -0.2) is 4.79 Å². The Balaban J connectivity index is 2.70. The first-order chi connectivity index (χ1) is 9.56. The summed E-state index contributed by atoms with van der Waals surface area (Å²) in [7, 11) is 0. The second kappa shape index (κ2) is 8.00. The lowest BCUT2D eigenvalue weighted by Gasteiger charge is -2.12. The van der Waals surface area contributed by atoms with E-state index < -0.39 is 11.9 Å². The fourth-order valence-corrected chi connectivity index (χ4v) is 1.46. The number of carbonyl (C=O) groups excluding carboxylic acids is 2. The SMILES string of the molecule is CCCOc1ccc(CN)c(OCC(=O)NC(N)=O)c1. The van der Waals surface area contributed by atoms with Crippen LogP contribution in [0.15, 0.2) is 18.2 Å². The number of nitrogens with one attached hydrogen (secondary N) is 1. The van der Waals surface area contributed by atoms with Crippen molar-refractivity contribution in [3.8, 4) is 11.5 Å². The highest BCUT2D eigenvalue weighted by atomic mass is 16.5. The molecule has 0 unspecified atom stereocenters. The summed E-state index contributed by atoms with van der Waals surface area (Å²) < 4.78 is 10.8. The maximum atomic E-state index is 11.3. The highest BCUT2D eigenvalue weighted by molar-refractivity contribution is 5.94. The fourth-order valence-electron chi connectivity index (χ4n) is 1.46. The topological polar surface area (TPSA) is 117 Å². The van der Waals surface area contributed by atoms with Gasteiger partial charge in [-0.15, -0.1) is 0 Å². The molecule has 0 fully saturated rings. The van der Waals surface area contributed by atoms with E-state index in [0.29, 0.717) is 18.1 Å². The van der Waals surface area contributed by atoms with Crippen LogP contribution in [0, 0.1) is 0 Å². The summed E-state index contributed by atoms with van der Waals surface area (Å²) in [6.07, 6.45) is 0.885. The summed E-state index contributed by atoms with van der Waals surface area (Å²) in [5.41, 5.74) is 11.2. The van der Waals surface area contributed by atoms with E-state index in [1.165, 1.54) is 0 Å². The molecule has 7 nitrogen and oxygen atoms in total. The number of benzene rings is 1. The largest absolute Gasteiger partial charge is 0.493 e. The molecule has 0 saturated carbocycles. The minimum atomic E-state index is -0.919. The zero-order chi connectivity index (χ0) is 15.0. The Morgan fingerprint density at radius 3 is 2.65 bits per heavy atom. The molecular formula is C13H19N3O4. The van der Waals surface area contributed by atoms with Crippen LogP contribution in [0.5, 0.6) is 11.5 Å². The minimum absolute atomic E-state index is 0.265. The van der Waals surface area contributed by atoms with Gasteiger partial charge < -0.3 is 20.9 Å². The number of urea groups is 1. The van der Waals surface area contributed by atoms with E-state index in [1.54, 1.807) is 18.2 Å². The third-order valence-corrected chi connectivity index (χ3v) is 2.35. The maximum absolute atomic E-state index is 11.3. The molecule has 0 atom stereocenters. The Kier molecular flexibility index (Phi) is 6.31. The van der Waals surface area contributed by atoms with Gasteiger partial charge in [-0.05, 0) is 12.5 Å². The molecule has 3 amide bonds. The number of nitrogens with two attached hydrogens (primary N) is 2. The number of ether oxygens (including phenoxy) is 2. The summed E-state index contributed by atoms with van der Waals surface area (Å²) in [4.78, 5) is 21.8. The van der Waals surface area contributed by atoms with Crippen molar-refractivity contribution in [1.82, 2.24) is 5.32 Å². The van der Waals surface area contributed by atoms with Crippen LogP contribution in [0.4, 0.5) is 4.79 Å². The summed E-state index contributed by atoms with van der Waals surface area (Å²) in [6, 6.07) is 4.30. The molecule has 5 N–H and O–H groups in total.